The van der Waals surface area contributed by atoms with Crippen LogP contribution in [0.2, 0.25) is 0 Å². The SMILES string of the molecule is O=C(C#[N+][N-]c1ccc(F)cc1)OCc1ccco1. The molecule has 0 aliphatic heterocycles. The normalized spacial score (nSPS) is 9.32. The van der Waals surface area contributed by atoms with E-state index in [9.17, 15) is 9.18 Å². The highest BCUT2D eigenvalue weighted by molar-refractivity contribution is 5.87. The third kappa shape index (κ3) is 4.16. The Labute approximate surface area is 108 Å². The van der Waals surface area contributed by atoms with E-state index in [4.69, 9.17) is 9.15 Å². The van der Waals surface area contributed by atoms with Gasteiger partial charge in [0.2, 0.25) is 0 Å². The van der Waals surface area contributed by atoms with Gasteiger partial charge in [0, 0.05) is 0 Å². The molecule has 0 saturated heterocycles. The number of benzene rings is 1. The predicted octanol–water partition coefficient (Wildman–Crippen LogP) is 3.42. The summed E-state index contributed by atoms with van der Waals surface area (Å²) in [6, 6.07) is 10.8. The second kappa shape index (κ2) is 6.21. The van der Waals surface area contributed by atoms with Crippen LogP contribution in [0.1, 0.15) is 5.76 Å². The highest BCUT2D eigenvalue weighted by Crippen LogP contribution is 2.18. The molecule has 6 heteroatoms. The molecule has 0 aliphatic rings. The first-order valence-corrected chi connectivity index (χ1v) is 5.35. The lowest BCUT2D eigenvalue weighted by molar-refractivity contribution is -0.138. The largest absolute Gasteiger partial charge is 0.466 e. The summed E-state index contributed by atoms with van der Waals surface area (Å²) in [7, 11) is 0. The van der Waals surface area contributed by atoms with Gasteiger partial charge >= 0.3 is 12.0 Å². The Morgan fingerprint density at radius 3 is 2.84 bits per heavy atom. The molecule has 5 nitrogen and oxygen atoms in total. The highest BCUT2D eigenvalue weighted by atomic mass is 19.1. The molecule has 0 atom stereocenters. The van der Waals surface area contributed by atoms with Gasteiger partial charge in [0.05, 0.1) is 6.26 Å². The van der Waals surface area contributed by atoms with Crippen LogP contribution in [0.4, 0.5) is 10.1 Å². The van der Waals surface area contributed by atoms with Gasteiger partial charge in [-0.15, -0.1) is 0 Å². The molecule has 0 saturated carbocycles. The van der Waals surface area contributed by atoms with E-state index >= 15 is 0 Å². The molecule has 0 aliphatic carbocycles. The van der Waals surface area contributed by atoms with Gasteiger partial charge < -0.3 is 9.15 Å². The van der Waals surface area contributed by atoms with Crippen LogP contribution >= 0.6 is 0 Å². The van der Waals surface area contributed by atoms with Crippen molar-refractivity contribution in [3.8, 4) is 6.07 Å². The molecule has 2 rings (SSSR count). The summed E-state index contributed by atoms with van der Waals surface area (Å²) >= 11 is 0. The first-order chi connectivity index (χ1) is 9.24. The van der Waals surface area contributed by atoms with Gasteiger partial charge in [0.15, 0.2) is 6.61 Å². The lowest BCUT2D eigenvalue weighted by Crippen LogP contribution is -1.99. The van der Waals surface area contributed by atoms with Crippen LogP contribution in [0.15, 0.2) is 47.1 Å². The molecule has 0 N–H and O–H groups in total. The second-order valence-corrected chi connectivity index (χ2v) is 3.44. The molecular formula is C13H9FN2O3. The molecule has 0 unspecified atom stereocenters. The summed E-state index contributed by atoms with van der Waals surface area (Å²) in [5, 5.41) is 0. The molecule has 0 fully saturated rings. The molecule has 19 heavy (non-hydrogen) atoms. The Bertz CT molecular complexity index is 597. The van der Waals surface area contributed by atoms with Gasteiger partial charge in [-0.05, 0) is 24.3 Å². The molecule has 0 spiro atoms. The predicted molar refractivity (Wildman–Crippen MR) is 65.2 cm³/mol. The minimum atomic E-state index is -0.762. The monoisotopic (exact) mass is 260 g/mol. The molecule has 1 aromatic carbocycles. The zero-order valence-corrected chi connectivity index (χ0v) is 9.75. The fraction of sp³-hybridized carbons (Fsp3) is 0.0769. The van der Waals surface area contributed by atoms with E-state index < -0.39 is 5.97 Å². The fourth-order valence-corrected chi connectivity index (χ4v) is 1.19. The molecule has 96 valence electrons. The molecule has 0 bridgehead atoms. The summed E-state index contributed by atoms with van der Waals surface area (Å²) in [6.07, 6.45) is 1.48. The molecule has 0 radical (unpaired) electrons. The third-order valence-electron chi connectivity index (χ3n) is 2.06. The van der Waals surface area contributed by atoms with Crippen molar-refractivity contribution in [1.29, 1.82) is 0 Å². The van der Waals surface area contributed by atoms with Gasteiger partial charge in [-0.25, -0.2) is 9.18 Å². The zero-order valence-electron chi connectivity index (χ0n) is 9.75. The minimum absolute atomic E-state index is 0.00486. The number of nitrogens with zero attached hydrogens (tertiary/aromatic N) is 2. The van der Waals surface area contributed by atoms with Crippen LogP contribution in [0.25, 0.3) is 10.4 Å². The average molecular weight is 260 g/mol. The Morgan fingerprint density at radius 1 is 1.37 bits per heavy atom. The Morgan fingerprint density at radius 2 is 2.16 bits per heavy atom. The Balaban J connectivity index is 1.79. The maximum Gasteiger partial charge on any atom is 0.460 e. The van der Waals surface area contributed by atoms with Gasteiger partial charge in [-0.2, -0.15) is 0 Å². The minimum Gasteiger partial charge on any atom is -0.466 e. The molecule has 0 amide bonds. The number of hydrogen-bond donors (Lipinski definition) is 0. The maximum atomic E-state index is 12.6. The van der Waals surface area contributed by atoms with Gasteiger partial charge in [0.1, 0.15) is 11.6 Å². The van der Waals surface area contributed by atoms with E-state index in [1.807, 2.05) is 0 Å². The van der Waals surface area contributed by atoms with Crippen LogP contribution < -0.4 is 0 Å². The number of furan rings is 1. The number of ether oxygens (including phenoxy) is 1. The Kier molecular flexibility index (Phi) is 4.13. The summed E-state index contributed by atoms with van der Waals surface area (Å²) < 4.78 is 22.4. The van der Waals surface area contributed by atoms with E-state index in [2.05, 4.69) is 16.4 Å². The van der Waals surface area contributed by atoms with Crippen molar-refractivity contribution < 1.29 is 18.3 Å². The molecule has 1 heterocycles. The number of rotatable bonds is 3. The maximum absolute atomic E-state index is 12.6. The molecular weight excluding hydrogens is 251 g/mol. The van der Waals surface area contributed by atoms with Crippen molar-refractivity contribution in [2.75, 3.05) is 0 Å². The quantitative estimate of drug-likeness (QED) is 0.482. The topological polar surface area (TPSA) is 57.9 Å². The van der Waals surface area contributed by atoms with E-state index in [0.29, 0.717) is 11.4 Å². The van der Waals surface area contributed by atoms with Gasteiger partial charge in [0.25, 0.3) is 0 Å². The smallest absolute Gasteiger partial charge is 0.460 e. The molecule has 2 aromatic rings. The van der Waals surface area contributed by atoms with Gasteiger partial charge in [-0.3, -0.25) is 5.43 Å². The summed E-state index contributed by atoms with van der Waals surface area (Å²) in [5.74, 6) is -0.613. The summed E-state index contributed by atoms with van der Waals surface area (Å²) in [4.78, 5) is 14.6. The average Bonchev–Trinajstić information content (AvgIpc) is 2.92. The van der Waals surface area contributed by atoms with E-state index in [1.54, 1.807) is 12.1 Å². The number of carbonyl (C=O) groups excluding carboxylic acids is 1. The number of carbonyl (C=O) groups is 1. The lowest BCUT2D eigenvalue weighted by atomic mass is 10.3. The first kappa shape index (κ1) is 12.6. The van der Waals surface area contributed by atoms with Crippen molar-refractivity contribution in [2.45, 2.75) is 6.61 Å². The van der Waals surface area contributed by atoms with Crippen molar-refractivity contribution in [3.05, 3.63) is 64.6 Å². The standard InChI is InChI=1S/C13H9FN2O3/c14-10-3-5-11(6-4-10)16-15-8-13(17)19-9-12-2-1-7-18-12/h1-7H,9H2. The van der Waals surface area contributed by atoms with Crippen LogP contribution in [0.3, 0.4) is 0 Å². The van der Waals surface area contributed by atoms with Gasteiger partial charge in [-0.1, -0.05) is 22.8 Å². The zero-order chi connectivity index (χ0) is 13.5. The first-order valence-electron chi connectivity index (χ1n) is 5.35. The highest BCUT2D eigenvalue weighted by Gasteiger charge is 2.06. The fourth-order valence-electron chi connectivity index (χ4n) is 1.19. The van der Waals surface area contributed by atoms with Crippen molar-refractivity contribution in [2.24, 2.45) is 0 Å². The van der Waals surface area contributed by atoms with Crippen LogP contribution in [-0.4, -0.2) is 5.97 Å². The van der Waals surface area contributed by atoms with Crippen molar-refractivity contribution in [1.82, 2.24) is 0 Å². The Hall–Kier alpha value is -2.81. The molecule has 1 aromatic heterocycles. The van der Waals surface area contributed by atoms with E-state index in [-0.39, 0.29) is 12.4 Å². The van der Waals surface area contributed by atoms with E-state index in [1.165, 1.54) is 30.5 Å². The third-order valence-corrected chi connectivity index (χ3v) is 2.06. The number of hydrogen-bond acceptors (Lipinski definition) is 3. The van der Waals surface area contributed by atoms with Crippen LogP contribution in [0, 0.1) is 11.9 Å². The number of halogens is 1. The van der Waals surface area contributed by atoms with Crippen LogP contribution in [-0.2, 0) is 16.1 Å². The van der Waals surface area contributed by atoms with Crippen molar-refractivity contribution in [3.63, 3.8) is 0 Å². The van der Waals surface area contributed by atoms with Crippen molar-refractivity contribution >= 4 is 11.7 Å². The summed E-state index contributed by atoms with van der Waals surface area (Å²) in [6.45, 7) is 0.00486. The van der Waals surface area contributed by atoms with E-state index in [0.717, 1.165) is 0 Å². The van der Waals surface area contributed by atoms with Crippen LogP contribution in [0.5, 0.6) is 0 Å². The second-order valence-electron chi connectivity index (χ2n) is 3.44. The lowest BCUT2D eigenvalue weighted by Gasteiger charge is -1.99. The summed E-state index contributed by atoms with van der Waals surface area (Å²) in [5.41, 5.74) is 4.07. The number of esters is 1.